The minimum absolute atomic E-state index is 0.0665. The molecule has 1 aromatic heterocycles. The Balaban J connectivity index is 1.19. The number of anilines is 6. The van der Waals surface area contributed by atoms with Crippen molar-refractivity contribution in [2.24, 2.45) is 0 Å². The van der Waals surface area contributed by atoms with E-state index in [1.807, 2.05) is 11.3 Å². The molecule has 6 aromatic carbocycles. The highest BCUT2D eigenvalue weighted by atomic mass is 32.1. The van der Waals surface area contributed by atoms with E-state index in [1.165, 1.54) is 27.0 Å². The van der Waals surface area contributed by atoms with E-state index in [0.717, 1.165) is 50.2 Å². The number of rotatable bonds is 3. The van der Waals surface area contributed by atoms with Gasteiger partial charge in [-0.3, -0.25) is 0 Å². The molecule has 0 unspecified atom stereocenters. The molecular weight excluding hydrogens is 555 g/mol. The number of fused-ring (bicyclic) bond motifs is 7. The Bertz CT molecular complexity index is 2180. The van der Waals surface area contributed by atoms with Crippen LogP contribution in [0.1, 0.15) is 25.0 Å². The molecule has 0 saturated carbocycles. The van der Waals surface area contributed by atoms with Gasteiger partial charge in [0.25, 0.3) is 0 Å². The van der Waals surface area contributed by atoms with Crippen LogP contribution in [0.2, 0.25) is 0 Å². The lowest BCUT2D eigenvalue weighted by Gasteiger charge is -2.40. The van der Waals surface area contributed by atoms with Crippen LogP contribution in [0.5, 0.6) is 0 Å². The summed E-state index contributed by atoms with van der Waals surface area (Å²) in [5.74, 6) is 0. The second-order valence-electron chi connectivity index (χ2n) is 12.1. The minimum Gasteiger partial charge on any atom is -0.306 e. The van der Waals surface area contributed by atoms with Crippen molar-refractivity contribution >= 4 is 55.7 Å². The van der Waals surface area contributed by atoms with E-state index >= 15 is 0 Å². The fourth-order valence-electron chi connectivity index (χ4n) is 7.21. The molecule has 0 saturated heterocycles. The van der Waals surface area contributed by atoms with Crippen molar-refractivity contribution < 1.29 is 0 Å². The molecule has 0 atom stereocenters. The summed E-state index contributed by atoms with van der Waals surface area (Å²) in [6, 6.07) is 50.1. The molecule has 0 bridgehead atoms. The molecule has 3 nitrogen and oxygen atoms in total. The number of para-hydroxylation sites is 5. The average molecular weight is 584 g/mol. The van der Waals surface area contributed by atoms with E-state index in [-0.39, 0.29) is 5.41 Å². The first kappa shape index (κ1) is 25.3. The van der Waals surface area contributed by atoms with Crippen LogP contribution in [0, 0.1) is 0 Å². The zero-order chi connectivity index (χ0) is 29.4. The second-order valence-corrected chi connectivity index (χ2v) is 13.1. The molecule has 9 rings (SSSR count). The molecule has 1 aliphatic carbocycles. The Labute approximate surface area is 261 Å². The van der Waals surface area contributed by atoms with Crippen LogP contribution in [0.15, 0.2) is 140 Å². The number of nitrogens with zero attached hydrogens (tertiary/aromatic N) is 3. The van der Waals surface area contributed by atoms with E-state index in [2.05, 4.69) is 163 Å². The van der Waals surface area contributed by atoms with Gasteiger partial charge in [0, 0.05) is 22.4 Å². The van der Waals surface area contributed by atoms with Gasteiger partial charge in [0.1, 0.15) is 5.01 Å². The largest absolute Gasteiger partial charge is 0.306 e. The van der Waals surface area contributed by atoms with Crippen molar-refractivity contribution in [1.29, 1.82) is 0 Å². The van der Waals surface area contributed by atoms with E-state index in [1.54, 1.807) is 0 Å². The summed E-state index contributed by atoms with van der Waals surface area (Å²) >= 11 is 1.82. The van der Waals surface area contributed by atoms with Gasteiger partial charge in [0.2, 0.25) is 0 Å². The van der Waals surface area contributed by atoms with Gasteiger partial charge in [-0.05, 0) is 76.9 Å². The molecule has 210 valence electrons. The van der Waals surface area contributed by atoms with Crippen LogP contribution in [-0.4, -0.2) is 4.98 Å². The molecule has 0 fully saturated rings. The summed E-state index contributed by atoms with van der Waals surface area (Å²) in [5.41, 5.74) is 14.5. The Morgan fingerprint density at radius 3 is 1.84 bits per heavy atom. The van der Waals surface area contributed by atoms with Gasteiger partial charge < -0.3 is 9.80 Å². The van der Waals surface area contributed by atoms with Gasteiger partial charge in [-0.25, -0.2) is 4.98 Å². The van der Waals surface area contributed by atoms with E-state index in [0.29, 0.717) is 0 Å². The highest BCUT2D eigenvalue weighted by Crippen LogP contribution is 2.55. The van der Waals surface area contributed by atoms with Gasteiger partial charge in [0.15, 0.2) is 0 Å². The van der Waals surface area contributed by atoms with Gasteiger partial charge in [0.05, 0.1) is 33.0 Å². The van der Waals surface area contributed by atoms with Crippen LogP contribution in [-0.2, 0) is 5.41 Å². The first-order valence-electron chi connectivity index (χ1n) is 15.1. The van der Waals surface area contributed by atoms with E-state index in [4.69, 9.17) is 4.98 Å². The topological polar surface area (TPSA) is 19.4 Å². The van der Waals surface area contributed by atoms with Crippen molar-refractivity contribution in [2.75, 3.05) is 9.80 Å². The lowest BCUT2D eigenvalue weighted by atomic mass is 9.82. The Kier molecular flexibility index (Phi) is 5.41. The average Bonchev–Trinajstić information content (AvgIpc) is 3.61. The highest BCUT2D eigenvalue weighted by molar-refractivity contribution is 7.22. The maximum Gasteiger partial charge on any atom is 0.124 e. The summed E-state index contributed by atoms with van der Waals surface area (Å²) in [5, 5.41) is 1.05. The smallest absolute Gasteiger partial charge is 0.124 e. The van der Waals surface area contributed by atoms with Crippen molar-refractivity contribution in [3.8, 4) is 21.7 Å². The summed E-state index contributed by atoms with van der Waals surface area (Å²) in [6.45, 7) is 4.70. The highest BCUT2D eigenvalue weighted by Gasteiger charge is 2.37. The van der Waals surface area contributed by atoms with Crippen LogP contribution in [0.4, 0.5) is 34.1 Å². The van der Waals surface area contributed by atoms with Gasteiger partial charge >= 0.3 is 0 Å². The maximum atomic E-state index is 5.21. The summed E-state index contributed by atoms with van der Waals surface area (Å²) in [6.07, 6.45) is 0. The molecule has 2 heterocycles. The number of hydrogen-bond acceptors (Lipinski definition) is 4. The minimum atomic E-state index is -0.0665. The Hall–Kier alpha value is -5.19. The number of aromatic nitrogens is 1. The SMILES string of the molecule is CC1(C)c2ccccc2-c2ccc3nc(-c4cccc(N5c6ccccc6N(c6ccccc6)c6ccccc65)c4)sc3c21. The van der Waals surface area contributed by atoms with Crippen molar-refractivity contribution in [1.82, 2.24) is 4.98 Å². The first-order chi connectivity index (χ1) is 21.6. The van der Waals surface area contributed by atoms with Crippen molar-refractivity contribution in [2.45, 2.75) is 19.3 Å². The number of hydrogen-bond donors (Lipinski definition) is 0. The molecule has 2 aliphatic rings. The quantitative estimate of drug-likeness (QED) is 0.206. The molecule has 4 heteroatoms. The van der Waals surface area contributed by atoms with Crippen LogP contribution >= 0.6 is 11.3 Å². The van der Waals surface area contributed by atoms with E-state index < -0.39 is 0 Å². The van der Waals surface area contributed by atoms with Gasteiger partial charge in [-0.2, -0.15) is 0 Å². The lowest BCUT2D eigenvalue weighted by molar-refractivity contribution is 0.667. The molecular formula is C40H29N3S. The predicted octanol–water partition coefficient (Wildman–Crippen LogP) is 11.5. The lowest BCUT2D eigenvalue weighted by Crippen LogP contribution is -2.23. The van der Waals surface area contributed by atoms with Crippen molar-refractivity contribution in [3.05, 3.63) is 151 Å². The van der Waals surface area contributed by atoms with Crippen LogP contribution in [0.3, 0.4) is 0 Å². The number of thiazole rings is 1. The van der Waals surface area contributed by atoms with Gasteiger partial charge in [-0.1, -0.05) is 98.8 Å². The molecule has 7 aromatic rings. The third kappa shape index (κ3) is 3.58. The molecule has 0 amide bonds. The molecule has 1 aliphatic heterocycles. The number of benzene rings is 6. The van der Waals surface area contributed by atoms with Crippen LogP contribution in [0.25, 0.3) is 31.9 Å². The normalized spacial score (nSPS) is 14.2. The summed E-state index contributed by atoms with van der Waals surface area (Å²) in [7, 11) is 0. The molecule has 44 heavy (non-hydrogen) atoms. The summed E-state index contributed by atoms with van der Waals surface area (Å²) in [4.78, 5) is 9.95. The summed E-state index contributed by atoms with van der Waals surface area (Å²) < 4.78 is 1.29. The maximum absolute atomic E-state index is 5.21. The Morgan fingerprint density at radius 2 is 1.14 bits per heavy atom. The fourth-order valence-corrected chi connectivity index (χ4v) is 8.48. The second kappa shape index (κ2) is 9.40. The first-order valence-corrected chi connectivity index (χ1v) is 15.9. The zero-order valence-electron chi connectivity index (χ0n) is 24.5. The standard InChI is InChI=1S/C40H29N3S/c1-40(2)31-18-7-6-17-29(31)30-23-24-32-38(37(30)40)44-39(41-32)26-13-12-16-28(25-26)43-35-21-10-8-19-33(35)42(27-14-4-3-5-15-27)34-20-9-11-22-36(34)43/h3-25H,1-2H3. The molecule has 0 radical (unpaired) electrons. The fraction of sp³-hybridized carbons (Fsp3) is 0.0750. The Morgan fingerprint density at radius 1 is 0.545 bits per heavy atom. The third-order valence-electron chi connectivity index (χ3n) is 9.17. The van der Waals surface area contributed by atoms with Crippen molar-refractivity contribution in [3.63, 3.8) is 0 Å². The monoisotopic (exact) mass is 583 g/mol. The third-order valence-corrected chi connectivity index (χ3v) is 10.3. The predicted molar refractivity (Wildman–Crippen MR) is 186 cm³/mol. The zero-order valence-corrected chi connectivity index (χ0v) is 25.3. The molecule has 0 N–H and O–H groups in total. The van der Waals surface area contributed by atoms with Crippen LogP contribution < -0.4 is 9.80 Å². The van der Waals surface area contributed by atoms with E-state index in [9.17, 15) is 0 Å². The molecule has 0 spiro atoms. The van der Waals surface area contributed by atoms with Gasteiger partial charge in [-0.15, -0.1) is 11.3 Å².